The largest absolute Gasteiger partial charge is 0.496 e. The van der Waals surface area contributed by atoms with Gasteiger partial charge in [0.2, 0.25) is 11.8 Å². The Morgan fingerprint density at radius 2 is 1.88 bits per heavy atom. The summed E-state index contributed by atoms with van der Waals surface area (Å²) in [5.41, 5.74) is 3.77. The van der Waals surface area contributed by atoms with E-state index in [0.717, 1.165) is 0 Å². The van der Waals surface area contributed by atoms with Crippen molar-refractivity contribution in [3.63, 3.8) is 0 Å². The molecule has 1 aliphatic heterocycles. The molecule has 49 heavy (non-hydrogen) atoms. The van der Waals surface area contributed by atoms with Crippen molar-refractivity contribution < 1.29 is 33.7 Å². The van der Waals surface area contributed by atoms with E-state index in [1.165, 1.54) is 25.2 Å². The van der Waals surface area contributed by atoms with Gasteiger partial charge in [0.05, 0.1) is 48.3 Å². The van der Waals surface area contributed by atoms with Crippen LogP contribution >= 0.6 is 23.2 Å². The summed E-state index contributed by atoms with van der Waals surface area (Å²) >= 11 is 13.9. The number of aliphatic hydroxyl groups is 1. The first-order valence-corrected chi connectivity index (χ1v) is 16.3. The molecule has 0 radical (unpaired) electrons. The van der Waals surface area contributed by atoms with Gasteiger partial charge in [-0.15, -0.1) is 0 Å². The second-order valence-electron chi connectivity index (χ2n) is 11.6. The van der Waals surface area contributed by atoms with Crippen LogP contribution in [0.5, 0.6) is 11.6 Å². The van der Waals surface area contributed by atoms with Gasteiger partial charge in [-0.2, -0.15) is 0 Å². The van der Waals surface area contributed by atoms with Crippen LogP contribution in [0.4, 0.5) is 9.18 Å². The molecule has 4 aromatic rings. The van der Waals surface area contributed by atoms with Crippen molar-refractivity contribution in [1.82, 2.24) is 25.5 Å². The number of ether oxygens (including phenoxy) is 2. The summed E-state index contributed by atoms with van der Waals surface area (Å²) in [7, 11) is 2.90. The molecule has 11 nitrogen and oxygen atoms in total. The van der Waals surface area contributed by atoms with Crippen molar-refractivity contribution in [2.24, 2.45) is 0 Å². The van der Waals surface area contributed by atoms with Gasteiger partial charge < -0.3 is 35.2 Å². The molecule has 1 saturated heterocycles. The molecule has 5 rings (SSSR count). The number of carboxylic acid groups (broad SMARTS) is 1. The number of aliphatic hydroxyl groups excluding tert-OH is 1. The van der Waals surface area contributed by atoms with E-state index in [-0.39, 0.29) is 49.0 Å². The molecule has 2 aromatic heterocycles. The first kappa shape index (κ1) is 35.8. The topological polar surface area (TPSA) is 146 Å². The minimum Gasteiger partial charge on any atom is -0.496 e. The third-order valence-corrected chi connectivity index (χ3v) is 8.92. The van der Waals surface area contributed by atoms with E-state index in [9.17, 15) is 19.8 Å². The van der Waals surface area contributed by atoms with E-state index in [1.807, 2.05) is 0 Å². The number of hydrogen-bond donors (Lipinski definition) is 4. The summed E-state index contributed by atoms with van der Waals surface area (Å²) in [6.45, 7) is 2.22. The maximum Gasteiger partial charge on any atom is 0.407 e. The minimum absolute atomic E-state index is 0.00602. The van der Waals surface area contributed by atoms with Gasteiger partial charge in [0.1, 0.15) is 11.6 Å². The lowest BCUT2D eigenvalue weighted by molar-refractivity contribution is -0.119. The predicted octanol–water partition coefficient (Wildman–Crippen LogP) is 6.17. The summed E-state index contributed by atoms with van der Waals surface area (Å²) in [6.07, 6.45) is 0.779. The van der Waals surface area contributed by atoms with Gasteiger partial charge in [0, 0.05) is 71.7 Å². The fourth-order valence-corrected chi connectivity index (χ4v) is 6.36. The first-order valence-electron chi connectivity index (χ1n) is 15.5. The Morgan fingerprint density at radius 3 is 2.55 bits per heavy atom. The molecule has 4 N–H and O–H groups in total. The quantitative estimate of drug-likeness (QED) is 0.128. The monoisotopic (exact) mass is 711 g/mol. The number of benzene rings is 2. The molecule has 2 atom stereocenters. The van der Waals surface area contributed by atoms with Crippen LogP contribution in [0.15, 0.2) is 54.7 Å². The van der Waals surface area contributed by atoms with E-state index in [0.29, 0.717) is 68.4 Å². The van der Waals surface area contributed by atoms with Crippen LogP contribution in [-0.4, -0.2) is 76.5 Å². The number of hydrogen-bond acceptors (Lipinski definition) is 8. The third kappa shape index (κ3) is 8.22. The number of nitrogens with zero attached hydrogens (tertiary/aromatic N) is 3. The molecular formula is C35H36Cl2FN5O6. The van der Waals surface area contributed by atoms with Crippen molar-refractivity contribution in [1.29, 1.82) is 0 Å². The number of pyridine rings is 2. The predicted molar refractivity (Wildman–Crippen MR) is 184 cm³/mol. The molecule has 1 fully saturated rings. The Hall–Kier alpha value is -4.49. The van der Waals surface area contributed by atoms with Crippen LogP contribution in [-0.2, 0) is 17.9 Å². The second kappa shape index (κ2) is 15.8. The number of nitrogens with one attached hydrogen (secondary N) is 2. The van der Waals surface area contributed by atoms with E-state index >= 15 is 4.39 Å². The lowest BCUT2D eigenvalue weighted by Gasteiger charge is -2.23. The number of carbonyl (C=O) groups is 2. The summed E-state index contributed by atoms with van der Waals surface area (Å²) in [5.74, 6) is -0.0816. The van der Waals surface area contributed by atoms with Crippen molar-refractivity contribution in [2.45, 2.75) is 45.0 Å². The van der Waals surface area contributed by atoms with E-state index in [4.69, 9.17) is 32.7 Å². The van der Waals surface area contributed by atoms with Crippen LogP contribution in [0, 0.1) is 5.82 Å². The molecule has 0 saturated carbocycles. The second-order valence-corrected chi connectivity index (χ2v) is 12.4. The van der Waals surface area contributed by atoms with Gasteiger partial charge in [-0.1, -0.05) is 41.4 Å². The Labute approximate surface area is 293 Å². The molecule has 0 unspecified atom stereocenters. The smallest absolute Gasteiger partial charge is 0.407 e. The van der Waals surface area contributed by atoms with Crippen molar-refractivity contribution in [3.05, 3.63) is 81.7 Å². The Kier molecular flexibility index (Phi) is 11.6. The molecule has 2 aromatic carbocycles. The number of halogens is 3. The van der Waals surface area contributed by atoms with Gasteiger partial charge in [-0.05, 0) is 43.7 Å². The van der Waals surface area contributed by atoms with Crippen LogP contribution in [0.25, 0.3) is 33.6 Å². The fourth-order valence-electron chi connectivity index (χ4n) is 5.71. The van der Waals surface area contributed by atoms with Gasteiger partial charge in [-0.3, -0.25) is 9.78 Å². The van der Waals surface area contributed by atoms with E-state index in [1.54, 1.807) is 55.6 Å². The molecule has 0 spiro atoms. The van der Waals surface area contributed by atoms with Gasteiger partial charge in [-0.25, -0.2) is 14.2 Å². The average molecular weight is 713 g/mol. The Bertz CT molecular complexity index is 1860. The maximum atomic E-state index is 15.3. The molecule has 1 aliphatic rings. The number of amides is 2. The number of methoxy groups -OCH3 is 2. The zero-order chi connectivity index (χ0) is 35.2. The highest BCUT2D eigenvalue weighted by Crippen LogP contribution is 2.42. The minimum atomic E-state index is -1.13. The zero-order valence-corrected chi connectivity index (χ0v) is 28.6. The maximum absolute atomic E-state index is 15.3. The lowest BCUT2D eigenvalue weighted by Crippen LogP contribution is -2.41. The number of carbonyl (C=O) groups excluding carboxylic acids is 1. The van der Waals surface area contributed by atoms with Crippen LogP contribution in [0.3, 0.4) is 0 Å². The van der Waals surface area contributed by atoms with Crippen LogP contribution < -0.4 is 20.1 Å². The summed E-state index contributed by atoms with van der Waals surface area (Å²) in [6, 6.07) is 13.3. The van der Waals surface area contributed by atoms with Gasteiger partial charge >= 0.3 is 6.09 Å². The lowest BCUT2D eigenvalue weighted by atomic mass is 9.99. The first-order chi connectivity index (χ1) is 23.5. The van der Waals surface area contributed by atoms with Gasteiger partial charge in [0.25, 0.3) is 0 Å². The Morgan fingerprint density at radius 1 is 1.12 bits per heavy atom. The van der Waals surface area contributed by atoms with Crippen LogP contribution in [0.2, 0.25) is 10.0 Å². The molecule has 2 amide bonds. The number of aromatic nitrogens is 2. The normalized spacial score (nSPS) is 14.8. The summed E-state index contributed by atoms with van der Waals surface area (Å²) in [4.78, 5) is 34.0. The highest BCUT2D eigenvalue weighted by atomic mass is 35.5. The van der Waals surface area contributed by atoms with Crippen molar-refractivity contribution >= 4 is 35.2 Å². The van der Waals surface area contributed by atoms with E-state index < -0.39 is 18.0 Å². The molecule has 3 heterocycles. The standard InChI is InChI=1S/C35H36Cl2FN5O6/c1-19(44)15-39-16-26-27(38)13-21(14-29(26)48-2)33-32(37)24(11-12-40-33)23-5-4-6-25(31(23)36)28-9-7-20(34(42-28)49-3)17-43(35(46)47)18-22-8-10-30(45)41-22/h4-7,9,11-14,19,22,39,44H,8,10,15-18H2,1-3H3,(H,41,45)(H,46,47)/t19-,22+/m1/s1. The Balaban J connectivity index is 1.44. The molecular weight excluding hydrogens is 676 g/mol. The number of rotatable bonds is 13. The summed E-state index contributed by atoms with van der Waals surface area (Å²) in [5, 5.41) is 25.8. The van der Waals surface area contributed by atoms with Gasteiger partial charge in [0.15, 0.2) is 0 Å². The van der Waals surface area contributed by atoms with Crippen molar-refractivity contribution in [2.75, 3.05) is 27.3 Å². The summed E-state index contributed by atoms with van der Waals surface area (Å²) < 4.78 is 26.4. The fraction of sp³-hybridized carbons (Fsp3) is 0.314. The molecule has 258 valence electrons. The highest BCUT2D eigenvalue weighted by Gasteiger charge is 2.26. The van der Waals surface area contributed by atoms with Crippen molar-refractivity contribution in [3.8, 4) is 45.3 Å². The average Bonchev–Trinajstić information content (AvgIpc) is 3.49. The molecule has 0 bridgehead atoms. The SMILES string of the molecule is COc1cc(-c2nccc(-c3cccc(-c4ccc(CN(C[C@@H]5CCC(=O)N5)C(=O)O)c(OC)n4)c3Cl)c2Cl)cc(F)c1CNC[C@@H](C)O. The molecule has 14 heteroatoms. The molecule has 0 aliphatic carbocycles. The van der Waals surface area contributed by atoms with E-state index in [2.05, 4.69) is 20.6 Å². The van der Waals surface area contributed by atoms with Crippen LogP contribution in [0.1, 0.15) is 30.9 Å². The highest BCUT2D eigenvalue weighted by molar-refractivity contribution is 6.39. The third-order valence-electron chi connectivity index (χ3n) is 8.13. The zero-order valence-electron chi connectivity index (χ0n) is 27.1.